The summed E-state index contributed by atoms with van der Waals surface area (Å²) in [6.45, 7) is 0. The summed E-state index contributed by atoms with van der Waals surface area (Å²) < 4.78 is 0. The second-order valence-corrected chi connectivity index (χ2v) is 11.7. The maximum absolute atomic E-state index is 10.7. The number of benzene rings is 8. The van der Waals surface area contributed by atoms with Gasteiger partial charge in [-0.3, -0.25) is 0 Å². The molecule has 0 unspecified atom stereocenters. The van der Waals surface area contributed by atoms with E-state index < -0.39 is 5.41 Å². The Hall–Kier alpha value is -5.60. The molecular weight excluding hydrogens is 524 g/mol. The van der Waals surface area contributed by atoms with Gasteiger partial charge < -0.3 is 10.2 Å². The Balaban J connectivity index is 1.40. The fraction of sp³-hybridized carbons (Fsp3) is 0.0244. The van der Waals surface area contributed by atoms with Crippen LogP contribution in [0.25, 0.3) is 54.2 Å². The number of hydrogen-bond donors (Lipinski definition) is 2. The van der Waals surface area contributed by atoms with Crippen molar-refractivity contribution < 1.29 is 10.2 Å². The summed E-state index contributed by atoms with van der Waals surface area (Å²) in [4.78, 5) is 0. The summed E-state index contributed by atoms with van der Waals surface area (Å²) in [7, 11) is 0. The minimum Gasteiger partial charge on any atom is -0.507 e. The van der Waals surface area contributed by atoms with Gasteiger partial charge in [0.2, 0.25) is 0 Å². The zero-order chi connectivity index (χ0) is 28.7. The molecule has 0 bridgehead atoms. The summed E-state index contributed by atoms with van der Waals surface area (Å²) in [5, 5.41) is 29.6. The molecule has 43 heavy (non-hydrogen) atoms. The van der Waals surface area contributed by atoms with Crippen molar-refractivity contribution in [3.05, 3.63) is 168 Å². The van der Waals surface area contributed by atoms with Gasteiger partial charge in [-0.2, -0.15) is 0 Å². The molecule has 0 saturated carbocycles. The van der Waals surface area contributed by atoms with Crippen molar-refractivity contribution in [3.63, 3.8) is 0 Å². The topological polar surface area (TPSA) is 40.5 Å². The van der Waals surface area contributed by atoms with Crippen LogP contribution in [0.15, 0.2) is 146 Å². The number of aromatic hydroxyl groups is 2. The Morgan fingerprint density at radius 2 is 0.814 bits per heavy atom. The molecule has 2 heteroatoms. The predicted octanol–water partition coefficient (Wildman–Crippen LogP) is 10.1. The predicted molar refractivity (Wildman–Crippen MR) is 177 cm³/mol. The maximum atomic E-state index is 10.7. The Kier molecular flexibility index (Phi) is 4.87. The van der Waals surface area contributed by atoms with Crippen molar-refractivity contribution in [3.8, 4) is 22.6 Å². The second kappa shape index (κ2) is 8.70. The van der Waals surface area contributed by atoms with Crippen LogP contribution in [0.1, 0.15) is 22.3 Å². The van der Waals surface area contributed by atoms with Gasteiger partial charge in [0.1, 0.15) is 11.5 Å². The monoisotopic (exact) mass is 550 g/mol. The molecule has 0 radical (unpaired) electrons. The van der Waals surface area contributed by atoms with Gasteiger partial charge >= 0.3 is 0 Å². The number of hydrogen-bond acceptors (Lipinski definition) is 2. The molecule has 8 aromatic carbocycles. The van der Waals surface area contributed by atoms with Crippen LogP contribution in [0, 0.1) is 0 Å². The van der Waals surface area contributed by atoms with Crippen LogP contribution in [0.5, 0.6) is 11.5 Å². The molecule has 9 rings (SSSR count). The van der Waals surface area contributed by atoms with E-state index in [0.29, 0.717) is 11.5 Å². The minimum absolute atomic E-state index is 0.293. The van der Waals surface area contributed by atoms with E-state index in [2.05, 4.69) is 109 Å². The quantitative estimate of drug-likeness (QED) is 0.210. The average molecular weight is 551 g/mol. The van der Waals surface area contributed by atoms with Crippen molar-refractivity contribution in [2.24, 2.45) is 0 Å². The smallest absolute Gasteiger partial charge is 0.123 e. The van der Waals surface area contributed by atoms with Crippen LogP contribution < -0.4 is 0 Å². The first-order valence-electron chi connectivity index (χ1n) is 14.6. The lowest BCUT2D eigenvalue weighted by Crippen LogP contribution is -2.28. The molecule has 0 aliphatic heterocycles. The highest BCUT2D eigenvalue weighted by Crippen LogP contribution is 2.56. The van der Waals surface area contributed by atoms with E-state index in [-0.39, 0.29) is 0 Å². The van der Waals surface area contributed by atoms with Gasteiger partial charge in [0, 0.05) is 10.8 Å². The fourth-order valence-corrected chi connectivity index (χ4v) is 7.51. The third kappa shape index (κ3) is 3.29. The standard InChI is InChI=1S/C41H26O2/c42-39-13-5-7-27-19-25-15-17-31(21-29(25)23-35(27)39)41(37-11-3-1-9-33(37)34-10-2-4-12-38(34)41)32-18-16-26-20-28-8-6-14-40(43)36(28)24-30(26)22-32/h1-24,42-43H. The van der Waals surface area contributed by atoms with Gasteiger partial charge in [0.25, 0.3) is 0 Å². The van der Waals surface area contributed by atoms with E-state index in [1.54, 1.807) is 12.1 Å². The van der Waals surface area contributed by atoms with Crippen LogP contribution in [0.2, 0.25) is 0 Å². The van der Waals surface area contributed by atoms with E-state index in [4.69, 9.17) is 0 Å². The zero-order valence-corrected chi connectivity index (χ0v) is 23.3. The molecule has 8 aromatic rings. The fourth-order valence-electron chi connectivity index (χ4n) is 7.51. The summed E-state index contributed by atoms with van der Waals surface area (Å²) in [6, 6.07) is 51.0. The Labute approximate surface area is 248 Å². The van der Waals surface area contributed by atoms with E-state index in [1.165, 1.54) is 33.4 Å². The highest BCUT2D eigenvalue weighted by Gasteiger charge is 2.46. The molecule has 0 aromatic heterocycles. The lowest BCUT2D eigenvalue weighted by atomic mass is 9.67. The molecule has 2 nitrogen and oxygen atoms in total. The number of fused-ring (bicyclic) bond motifs is 7. The summed E-state index contributed by atoms with van der Waals surface area (Å²) in [6.07, 6.45) is 0. The van der Waals surface area contributed by atoms with E-state index in [1.807, 2.05) is 24.3 Å². The molecule has 0 heterocycles. The van der Waals surface area contributed by atoms with Crippen molar-refractivity contribution in [2.75, 3.05) is 0 Å². The number of phenolic OH excluding ortho intramolecular Hbond substituents is 2. The molecule has 0 atom stereocenters. The van der Waals surface area contributed by atoms with Crippen LogP contribution in [-0.4, -0.2) is 10.2 Å². The van der Waals surface area contributed by atoms with Crippen molar-refractivity contribution in [1.82, 2.24) is 0 Å². The minimum atomic E-state index is -0.559. The summed E-state index contributed by atoms with van der Waals surface area (Å²) in [5.41, 5.74) is 6.78. The summed E-state index contributed by atoms with van der Waals surface area (Å²) in [5.74, 6) is 0.585. The number of phenols is 2. The zero-order valence-electron chi connectivity index (χ0n) is 23.3. The van der Waals surface area contributed by atoms with Gasteiger partial charge in [-0.1, -0.05) is 97.1 Å². The summed E-state index contributed by atoms with van der Waals surface area (Å²) >= 11 is 0. The Morgan fingerprint density at radius 1 is 0.349 bits per heavy atom. The van der Waals surface area contributed by atoms with Crippen LogP contribution >= 0.6 is 0 Å². The SMILES string of the molecule is Oc1cccc2cc3ccc(C4(c5ccc6cc7cccc(O)c7cc6c5)c5ccccc5-c5ccccc54)cc3cc12. The highest BCUT2D eigenvalue weighted by molar-refractivity contribution is 6.03. The first-order chi connectivity index (χ1) is 21.1. The van der Waals surface area contributed by atoms with Gasteiger partial charge in [0.05, 0.1) is 5.41 Å². The van der Waals surface area contributed by atoms with Crippen LogP contribution in [-0.2, 0) is 5.41 Å². The van der Waals surface area contributed by atoms with Gasteiger partial charge in [-0.25, -0.2) is 0 Å². The number of rotatable bonds is 2. The van der Waals surface area contributed by atoms with E-state index in [9.17, 15) is 10.2 Å². The molecule has 2 N–H and O–H groups in total. The molecule has 1 aliphatic rings. The molecule has 0 spiro atoms. The van der Waals surface area contributed by atoms with Gasteiger partial charge in [0.15, 0.2) is 0 Å². The Bertz CT molecular complexity index is 2260. The second-order valence-electron chi connectivity index (χ2n) is 11.7. The van der Waals surface area contributed by atoms with Crippen molar-refractivity contribution in [2.45, 2.75) is 5.41 Å². The third-order valence-corrected chi connectivity index (χ3v) is 9.45. The third-order valence-electron chi connectivity index (χ3n) is 9.45. The first-order valence-corrected chi connectivity index (χ1v) is 14.6. The molecule has 202 valence electrons. The van der Waals surface area contributed by atoms with Gasteiger partial charge in [-0.05, 0) is 114 Å². The first kappa shape index (κ1) is 24.0. The van der Waals surface area contributed by atoms with E-state index in [0.717, 1.165) is 43.1 Å². The maximum Gasteiger partial charge on any atom is 0.123 e. The van der Waals surface area contributed by atoms with Crippen molar-refractivity contribution >= 4 is 43.1 Å². The lowest BCUT2D eigenvalue weighted by Gasteiger charge is -2.34. The van der Waals surface area contributed by atoms with Crippen LogP contribution in [0.4, 0.5) is 0 Å². The normalized spacial score (nSPS) is 13.5. The van der Waals surface area contributed by atoms with Gasteiger partial charge in [-0.15, -0.1) is 0 Å². The molecule has 1 aliphatic carbocycles. The lowest BCUT2D eigenvalue weighted by molar-refractivity contribution is 0.481. The van der Waals surface area contributed by atoms with E-state index >= 15 is 0 Å². The molecule has 0 amide bonds. The van der Waals surface area contributed by atoms with Crippen molar-refractivity contribution in [1.29, 1.82) is 0 Å². The average Bonchev–Trinajstić information content (AvgIpc) is 3.34. The molecule has 0 fully saturated rings. The molecule has 0 saturated heterocycles. The largest absolute Gasteiger partial charge is 0.507 e. The molecular formula is C41H26O2. The Morgan fingerprint density at radius 3 is 1.30 bits per heavy atom. The van der Waals surface area contributed by atoms with Crippen LogP contribution in [0.3, 0.4) is 0 Å². The highest BCUT2D eigenvalue weighted by atomic mass is 16.3.